The monoisotopic (exact) mass is 494 g/mol. The molecule has 0 radical (unpaired) electrons. The molecule has 0 aliphatic carbocycles. The molecule has 36 heavy (non-hydrogen) atoms. The maximum atomic E-state index is 14.0. The van der Waals surface area contributed by atoms with E-state index < -0.39 is 5.60 Å². The summed E-state index contributed by atoms with van der Waals surface area (Å²) in [5, 5.41) is 4.11. The Morgan fingerprint density at radius 3 is 2.22 bits per heavy atom. The highest BCUT2D eigenvalue weighted by Gasteiger charge is 2.62. The van der Waals surface area contributed by atoms with E-state index in [0.717, 1.165) is 17.8 Å². The Kier molecular flexibility index (Phi) is 6.22. The predicted molar refractivity (Wildman–Crippen MR) is 145 cm³/mol. The minimum absolute atomic E-state index is 0.122. The molecule has 3 aromatic carbocycles. The van der Waals surface area contributed by atoms with Crippen LogP contribution in [-0.4, -0.2) is 29.4 Å². The Morgan fingerprint density at radius 1 is 0.889 bits per heavy atom. The van der Waals surface area contributed by atoms with Gasteiger partial charge in [0.05, 0.1) is 17.6 Å². The minimum Gasteiger partial charge on any atom is -0.296 e. The molecule has 4 atom stereocenters. The number of likely N-dealkylation sites (tertiary alicyclic amines) is 1. The van der Waals surface area contributed by atoms with Crippen LogP contribution in [-0.2, 0) is 9.63 Å². The SMILES string of the molecule is CC(c1ccccc1)N1CCC(=O)C2(C1)ON(c1ccccc1)[C@H](c1ccccc1)[C@H]2c1cccs1. The number of hydrogen-bond acceptors (Lipinski definition) is 5. The number of nitrogens with zero attached hydrogens (tertiary/aromatic N) is 2. The second kappa shape index (κ2) is 9.66. The van der Waals surface area contributed by atoms with E-state index in [1.165, 1.54) is 10.4 Å². The first kappa shape index (κ1) is 23.2. The lowest BCUT2D eigenvalue weighted by Gasteiger charge is -2.43. The van der Waals surface area contributed by atoms with Crippen molar-refractivity contribution in [3.8, 4) is 0 Å². The van der Waals surface area contributed by atoms with E-state index >= 15 is 0 Å². The number of thiophene rings is 1. The van der Waals surface area contributed by atoms with Gasteiger partial charge in [-0.3, -0.25) is 14.5 Å². The Labute approximate surface area is 216 Å². The van der Waals surface area contributed by atoms with Gasteiger partial charge in [-0.25, -0.2) is 5.06 Å². The average Bonchev–Trinajstić information content (AvgIpc) is 3.58. The van der Waals surface area contributed by atoms with Crippen molar-refractivity contribution >= 4 is 22.8 Å². The van der Waals surface area contributed by atoms with Crippen molar-refractivity contribution in [2.45, 2.75) is 36.9 Å². The first-order chi connectivity index (χ1) is 17.7. The number of carbonyl (C=O) groups excluding carboxylic acids is 1. The Bertz CT molecular complexity index is 1300. The van der Waals surface area contributed by atoms with E-state index in [0.29, 0.717) is 13.0 Å². The van der Waals surface area contributed by atoms with E-state index in [4.69, 9.17) is 4.84 Å². The van der Waals surface area contributed by atoms with E-state index in [-0.39, 0.29) is 23.8 Å². The molecule has 2 fully saturated rings. The molecular weight excluding hydrogens is 464 g/mol. The molecule has 0 amide bonds. The van der Waals surface area contributed by atoms with E-state index in [1.807, 2.05) is 35.4 Å². The van der Waals surface area contributed by atoms with Gasteiger partial charge < -0.3 is 0 Å². The van der Waals surface area contributed by atoms with Gasteiger partial charge in [-0.15, -0.1) is 11.3 Å². The van der Waals surface area contributed by atoms with Gasteiger partial charge in [0.15, 0.2) is 11.4 Å². The highest BCUT2D eigenvalue weighted by molar-refractivity contribution is 7.10. The van der Waals surface area contributed by atoms with E-state index in [9.17, 15) is 4.79 Å². The summed E-state index contributed by atoms with van der Waals surface area (Å²) in [6.07, 6.45) is 0.475. The molecule has 5 heteroatoms. The number of piperidine rings is 1. The van der Waals surface area contributed by atoms with Crippen LogP contribution in [0.3, 0.4) is 0 Å². The predicted octanol–water partition coefficient (Wildman–Crippen LogP) is 6.80. The van der Waals surface area contributed by atoms with Crippen molar-refractivity contribution in [2.24, 2.45) is 0 Å². The van der Waals surface area contributed by atoms with Crippen LogP contribution in [0.25, 0.3) is 0 Å². The molecule has 3 heterocycles. The third-order valence-corrected chi connectivity index (χ3v) is 8.65. The molecule has 0 bridgehead atoms. The zero-order chi connectivity index (χ0) is 24.5. The van der Waals surface area contributed by atoms with Crippen LogP contribution in [0.4, 0.5) is 5.69 Å². The van der Waals surface area contributed by atoms with Gasteiger partial charge in [0, 0.05) is 30.4 Å². The summed E-state index contributed by atoms with van der Waals surface area (Å²) >= 11 is 1.71. The molecule has 182 valence electrons. The van der Waals surface area contributed by atoms with Crippen LogP contribution in [0.15, 0.2) is 109 Å². The van der Waals surface area contributed by atoms with Crippen molar-refractivity contribution in [2.75, 3.05) is 18.2 Å². The van der Waals surface area contributed by atoms with Gasteiger partial charge in [0.2, 0.25) is 0 Å². The molecule has 0 N–H and O–H groups in total. The average molecular weight is 495 g/mol. The van der Waals surface area contributed by atoms with Gasteiger partial charge in [0.1, 0.15) is 0 Å². The lowest BCUT2D eigenvalue weighted by Crippen LogP contribution is -2.57. The van der Waals surface area contributed by atoms with Crippen molar-refractivity contribution in [1.82, 2.24) is 4.90 Å². The molecular formula is C31H30N2O2S. The standard InChI is InChI=1S/C31H30N2O2S/c1-23(24-12-5-2-6-13-24)32-20-19-28(34)31(22-32)29(27-18-11-21-36-27)30(25-14-7-3-8-15-25)33(35-31)26-16-9-4-10-17-26/h2-18,21,23,29-30H,19-20,22H2,1H3/t23?,29-,30-,31?/m1/s1. The Hall–Kier alpha value is -3.25. The molecule has 0 saturated carbocycles. The fraction of sp³-hybridized carbons (Fsp3) is 0.258. The minimum atomic E-state index is -0.970. The molecule has 4 nitrogen and oxygen atoms in total. The molecule has 1 aromatic heterocycles. The number of para-hydroxylation sites is 1. The van der Waals surface area contributed by atoms with Gasteiger partial charge in [-0.1, -0.05) is 84.9 Å². The number of Topliss-reactive ketones (excluding diaryl/α,β-unsaturated/α-hetero) is 1. The van der Waals surface area contributed by atoms with Crippen LogP contribution in [0.1, 0.15) is 47.4 Å². The number of ketones is 1. The van der Waals surface area contributed by atoms with Crippen LogP contribution in [0.5, 0.6) is 0 Å². The highest BCUT2D eigenvalue weighted by atomic mass is 32.1. The fourth-order valence-corrected chi connectivity index (χ4v) is 6.79. The number of carbonyl (C=O) groups is 1. The molecule has 1 spiro atoms. The lowest BCUT2D eigenvalue weighted by molar-refractivity contribution is -0.151. The quantitative estimate of drug-likeness (QED) is 0.305. The van der Waals surface area contributed by atoms with Crippen molar-refractivity contribution in [1.29, 1.82) is 0 Å². The molecule has 4 aromatic rings. The summed E-state index contributed by atoms with van der Waals surface area (Å²) in [6.45, 7) is 3.52. The number of hydroxylamine groups is 1. The van der Waals surface area contributed by atoms with Crippen LogP contribution in [0, 0.1) is 0 Å². The second-order valence-electron chi connectivity index (χ2n) is 9.72. The number of hydrogen-bond donors (Lipinski definition) is 0. The van der Waals surface area contributed by atoms with Gasteiger partial charge in [-0.05, 0) is 41.6 Å². The third-order valence-electron chi connectivity index (χ3n) is 7.70. The van der Waals surface area contributed by atoms with Crippen LogP contribution < -0.4 is 5.06 Å². The third kappa shape index (κ3) is 3.97. The summed E-state index contributed by atoms with van der Waals surface area (Å²) in [7, 11) is 0. The maximum absolute atomic E-state index is 14.0. The number of benzene rings is 3. The van der Waals surface area contributed by atoms with Crippen molar-refractivity contribution in [3.63, 3.8) is 0 Å². The van der Waals surface area contributed by atoms with Crippen LogP contribution in [0.2, 0.25) is 0 Å². The summed E-state index contributed by atoms with van der Waals surface area (Å²) < 4.78 is 0. The van der Waals surface area contributed by atoms with Crippen molar-refractivity contribution in [3.05, 3.63) is 125 Å². The molecule has 2 aliphatic rings. The van der Waals surface area contributed by atoms with Gasteiger partial charge >= 0.3 is 0 Å². The molecule has 2 unspecified atom stereocenters. The molecule has 6 rings (SSSR count). The number of rotatable bonds is 5. The number of anilines is 1. The smallest absolute Gasteiger partial charge is 0.176 e. The second-order valence-corrected chi connectivity index (χ2v) is 10.7. The zero-order valence-electron chi connectivity index (χ0n) is 20.4. The topological polar surface area (TPSA) is 32.8 Å². The normalized spacial score (nSPS) is 25.4. The van der Waals surface area contributed by atoms with Gasteiger partial charge in [0.25, 0.3) is 0 Å². The molecule has 2 saturated heterocycles. The summed E-state index contributed by atoms with van der Waals surface area (Å²) in [4.78, 5) is 24.6. The summed E-state index contributed by atoms with van der Waals surface area (Å²) in [6, 6.07) is 35.6. The van der Waals surface area contributed by atoms with E-state index in [2.05, 4.69) is 90.0 Å². The maximum Gasteiger partial charge on any atom is 0.176 e. The molecule has 2 aliphatic heterocycles. The van der Waals surface area contributed by atoms with Crippen LogP contribution >= 0.6 is 11.3 Å². The summed E-state index contributed by atoms with van der Waals surface area (Å²) in [5.41, 5.74) is 2.40. The summed E-state index contributed by atoms with van der Waals surface area (Å²) in [5.74, 6) is 0.0650. The van der Waals surface area contributed by atoms with Crippen molar-refractivity contribution < 1.29 is 9.63 Å². The fourth-order valence-electron chi connectivity index (χ4n) is 5.85. The largest absolute Gasteiger partial charge is 0.296 e. The lowest BCUT2D eigenvalue weighted by atomic mass is 9.74. The van der Waals surface area contributed by atoms with E-state index in [1.54, 1.807) is 11.3 Å². The first-order valence-corrected chi connectivity index (χ1v) is 13.5. The Morgan fingerprint density at radius 2 is 1.56 bits per heavy atom. The highest BCUT2D eigenvalue weighted by Crippen LogP contribution is 2.56. The Balaban J connectivity index is 1.48. The zero-order valence-corrected chi connectivity index (χ0v) is 21.2. The first-order valence-electron chi connectivity index (χ1n) is 12.6. The van der Waals surface area contributed by atoms with Gasteiger partial charge in [-0.2, -0.15) is 0 Å².